The summed E-state index contributed by atoms with van der Waals surface area (Å²) in [6.45, 7) is 7.83. The summed E-state index contributed by atoms with van der Waals surface area (Å²) in [6.07, 6.45) is 9.61. The molecule has 3 aliphatic carbocycles. The Balaban J connectivity index is 2.01. The molecular formula is C14H18O. The number of rotatable bonds is 2. The maximum absolute atomic E-state index is 10.2. The molecule has 80 valence electrons. The first kappa shape index (κ1) is 9.41. The predicted octanol–water partition coefficient (Wildman–Crippen LogP) is 2.40. The fourth-order valence-electron chi connectivity index (χ4n) is 4.27. The van der Waals surface area contributed by atoms with Crippen LogP contribution in [0, 0.1) is 35.5 Å². The second-order valence-corrected chi connectivity index (χ2v) is 5.22. The summed E-state index contributed by atoms with van der Waals surface area (Å²) in [4.78, 5) is 0. The molecule has 3 rings (SSSR count). The highest BCUT2D eigenvalue weighted by atomic mass is 16.3. The Bertz CT molecular complexity index is 330. The maximum Gasteiger partial charge on any atom is 0.0671 e. The number of aliphatic hydroxyl groups is 1. The molecule has 0 bridgehead atoms. The van der Waals surface area contributed by atoms with Crippen LogP contribution < -0.4 is 0 Å². The van der Waals surface area contributed by atoms with Gasteiger partial charge in [-0.25, -0.2) is 0 Å². The lowest BCUT2D eigenvalue weighted by Gasteiger charge is -2.21. The third kappa shape index (κ3) is 1.02. The summed E-state index contributed by atoms with van der Waals surface area (Å²) in [5, 5.41) is 10.2. The molecule has 0 aromatic carbocycles. The van der Waals surface area contributed by atoms with Crippen LogP contribution in [0.1, 0.15) is 6.42 Å². The normalized spacial score (nSPS) is 55.7. The molecule has 0 aliphatic heterocycles. The molecule has 0 saturated heterocycles. The van der Waals surface area contributed by atoms with Gasteiger partial charge in [0.05, 0.1) is 6.10 Å². The topological polar surface area (TPSA) is 20.2 Å². The SMILES string of the molecule is C=C[C@H]1[C@H](O)[C@H]2C=C[C@@H]3C[C@H](C=C)[C@@H]1[C@@H]23. The molecule has 1 heteroatoms. The first-order chi connectivity index (χ1) is 7.27. The van der Waals surface area contributed by atoms with Gasteiger partial charge in [0.25, 0.3) is 0 Å². The molecule has 0 amide bonds. The van der Waals surface area contributed by atoms with Crippen molar-refractivity contribution in [3.63, 3.8) is 0 Å². The quantitative estimate of drug-likeness (QED) is 0.682. The Morgan fingerprint density at radius 3 is 2.60 bits per heavy atom. The first-order valence-corrected chi connectivity index (χ1v) is 5.89. The number of hydrogen-bond donors (Lipinski definition) is 1. The van der Waals surface area contributed by atoms with Crippen LogP contribution in [-0.4, -0.2) is 11.2 Å². The summed E-state index contributed by atoms with van der Waals surface area (Å²) >= 11 is 0. The average Bonchev–Trinajstić information content (AvgIpc) is 2.84. The van der Waals surface area contributed by atoms with Gasteiger partial charge in [-0.1, -0.05) is 24.3 Å². The van der Waals surface area contributed by atoms with Crippen molar-refractivity contribution < 1.29 is 5.11 Å². The fraction of sp³-hybridized carbons (Fsp3) is 0.571. The van der Waals surface area contributed by atoms with Crippen LogP contribution in [0.25, 0.3) is 0 Å². The minimum atomic E-state index is -0.207. The van der Waals surface area contributed by atoms with Gasteiger partial charge in [0.1, 0.15) is 0 Å². The molecule has 0 radical (unpaired) electrons. The molecule has 7 atom stereocenters. The molecule has 2 fully saturated rings. The second kappa shape index (κ2) is 3.08. The van der Waals surface area contributed by atoms with Gasteiger partial charge in [0.2, 0.25) is 0 Å². The maximum atomic E-state index is 10.2. The lowest BCUT2D eigenvalue weighted by atomic mass is 9.84. The Hall–Kier alpha value is -0.820. The van der Waals surface area contributed by atoms with Gasteiger partial charge in [0.15, 0.2) is 0 Å². The van der Waals surface area contributed by atoms with E-state index in [2.05, 4.69) is 31.4 Å². The zero-order valence-electron chi connectivity index (χ0n) is 8.92. The zero-order valence-corrected chi connectivity index (χ0v) is 8.92. The van der Waals surface area contributed by atoms with Crippen molar-refractivity contribution >= 4 is 0 Å². The highest BCUT2D eigenvalue weighted by Crippen LogP contribution is 2.60. The molecule has 0 aromatic heterocycles. The largest absolute Gasteiger partial charge is 0.392 e. The van der Waals surface area contributed by atoms with E-state index in [1.165, 1.54) is 6.42 Å². The zero-order chi connectivity index (χ0) is 10.6. The minimum Gasteiger partial charge on any atom is -0.392 e. The van der Waals surface area contributed by atoms with E-state index in [1.54, 1.807) is 0 Å². The third-order valence-electron chi connectivity index (χ3n) is 4.81. The number of hydrogen-bond acceptors (Lipinski definition) is 1. The summed E-state index contributed by atoms with van der Waals surface area (Å²) in [5.41, 5.74) is 0. The van der Waals surface area contributed by atoms with Gasteiger partial charge < -0.3 is 5.11 Å². The van der Waals surface area contributed by atoms with E-state index in [4.69, 9.17) is 0 Å². The van der Waals surface area contributed by atoms with Gasteiger partial charge in [-0.15, -0.1) is 13.2 Å². The van der Waals surface area contributed by atoms with Crippen LogP contribution in [-0.2, 0) is 0 Å². The smallest absolute Gasteiger partial charge is 0.0671 e. The molecule has 0 aromatic rings. The van der Waals surface area contributed by atoms with Crippen molar-refractivity contribution in [1.82, 2.24) is 0 Å². The number of allylic oxidation sites excluding steroid dienone is 2. The van der Waals surface area contributed by atoms with E-state index in [9.17, 15) is 5.11 Å². The molecule has 1 N–H and O–H groups in total. The number of aliphatic hydroxyl groups excluding tert-OH is 1. The Kier molecular flexibility index (Phi) is 1.93. The van der Waals surface area contributed by atoms with E-state index in [-0.39, 0.29) is 12.0 Å². The molecule has 3 aliphatic rings. The highest BCUT2D eigenvalue weighted by molar-refractivity contribution is 5.23. The van der Waals surface area contributed by atoms with Crippen molar-refractivity contribution in [2.24, 2.45) is 35.5 Å². The Morgan fingerprint density at radius 2 is 1.93 bits per heavy atom. The van der Waals surface area contributed by atoms with Gasteiger partial charge in [-0.05, 0) is 30.1 Å². The summed E-state index contributed by atoms with van der Waals surface area (Å²) in [7, 11) is 0. The molecule has 0 spiro atoms. The molecule has 0 heterocycles. The van der Waals surface area contributed by atoms with Crippen molar-refractivity contribution in [2.75, 3.05) is 0 Å². The summed E-state index contributed by atoms with van der Waals surface area (Å²) < 4.78 is 0. The van der Waals surface area contributed by atoms with E-state index in [0.29, 0.717) is 29.6 Å². The van der Waals surface area contributed by atoms with Gasteiger partial charge in [-0.3, -0.25) is 0 Å². The molecule has 2 saturated carbocycles. The standard InChI is InChI=1S/C14H18O/c1-3-8-7-9-5-6-11-13(9)12(8)10(4-2)14(11)15/h3-6,8-15H,1-2,7H2/t8-,9+,10+,11-,12-,13+,14-/m0/s1. The lowest BCUT2D eigenvalue weighted by Crippen LogP contribution is -2.22. The van der Waals surface area contributed by atoms with Gasteiger partial charge in [0, 0.05) is 11.8 Å². The highest BCUT2D eigenvalue weighted by Gasteiger charge is 2.57. The van der Waals surface area contributed by atoms with Crippen LogP contribution in [0.3, 0.4) is 0 Å². The van der Waals surface area contributed by atoms with Crippen LogP contribution in [0.15, 0.2) is 37.5 Å². The third-order valence-corrected chi connectivity index (χ3v) is 4.81. The monoisotopic (exact) mass is 202 g/mol. The fourth-order valence-corrected chi connectivity index (χ4v) is 4.27. The van der Waals surface area contributed by atoms with Gasteiger partial charge >= 0.3 is 0 Å². The minimum absolute atomic E-state index is 0.207. The van der Waals surface area contributed by atoms with Crippen molar-refractivity contribution in [3.05, 3.63) is 37.5 Å². The van der Waals surface area contributed by atoms with Gasteiger partial charge in [-0.2, -0.15) is 0 Å². The van der Waals surface area contributed by atoms with Crippen LogP contribution >= 0.6 is 0 Å². The Morgan fingerprint density at radius 1 is 1.13 bits per heavy atom. The molecular weight excluding hydrogens is 184 g/mol. The molecule has 0 unspecified atom stereocenters. The van der Waals surface area contributed by atoms with E-state index < -0.39 is 0 Å². The average molecular weight is 202 g/mol. The second-order valence-electron chi connectivity index (χ2n) is 5.22. The summed E-state index contributed by atoms with van der Waals surface area (Å²) in [6, 6.07) is 0. The van der Waals surface area contributed by atoms with Crippen molar-refractivity contribution in [1.29, 1.82) is 0 Å². The van der Waals surface area contributed by atoms with Crippen molar-refractivity contribution in [3.8, 4) is 0 Å². The molecule has 15 heavy (non-hydrogen) atoms. The van der Waals surface area contributed by atoms with Crippen molar-refractivity contribution in [2.45, 2.75) is 12.5 Å². The van der Waals surface area contributed by atoms with E-state index >= 15 is 0 Å². The summed E-state index contributed by atoms with van der Waals surface area (Å²) in [5.74, 6) is 3.16. The van der Waals surface area contributed by atoms with E-state index in [1.807, 2.05) is 6.08 Å². The van der Waals surface area contributed by atoms with Crippen LogP contribution in [0.5, 0.6) is 0 Å². The molecule has 1 nitrogen and oxygen atoms in total. The Labute approximate surface area is 91.2 Å². The van der Waals surface area contributed by atoms with E-state index in [0.717, 1.165) is 0 Å². The lowest BCUT2D eigenvalue weighted by molar-refractivity contribution is 0.109. The van der Waals surface area contributed by atoms with Crippen LogP contribution in [0.2, 0.25) is 0 Å². The van der Waals surface area contributed by atoms with Crippen LogP contribution in [0.4, 0.5) is 0 Å². The first-order valence-electron chi connectivity index (χ1n) is 5.89. The predicted molar refractivity (Wildman–Crippen MR) is 61.1 cm³/mol.